The van der Waals surface area contributed by atoms with Crippen LogP contribution in [0.1, 0.15) is 30.4 Å². The number of nitrogens with zero attached hydrogens (tertiary/aromatic N) is 1. The lowest BCUT2D eigenvalue weighted by atomic mass is 9.90. The number of rotatable bonds is 2. The Morgan fingerprint density at radius 1 is 1.27 bits per heavy atom. The van der Waals surface area contributed by atoms with Crippen LogP contribution in [0.15, 0.2) is 18.2 Å². The molecule has 1 heterocycles. The van der Waals surface area contributed by atoms with Gasteiger partial charge in [0, 0.05) is 25.9 Å². The Hall–Kier alpha value is -1.69. The molecule has 1 atom stereocenters. The number of benzene rings is 1. The van der Waals surface area contributed by atoms with Crippen LogP contribution >= 0.6 is 0 Å². The Morgan fingerprint density at radius 2 is 1.95 bits per heavy atom. The summed E-state index contributed by atoms with van der Waals surface area (Å²) in [6.45, 7) is 0.119. The number of likely N-dealkylation sites (tertiary alicyclic amines) is 1. The van der Waals surface area contributed by atoms with Crippen LogP contribution in [-0.2, 0) is 16.8 Å². The first-order chi connectivity index (χ1) is 10.4. The molecule has 1 amide bonds. The van der Waals surface area contributed by atoms with Crippen molar-refractivity contribution < 1.29 is 18.3 Å². The molecule has 0 spiro atoms. The minimum atomic E-state index is -2.67. The van der Waals surface area contributed by atoms with Gasteiger partial charge >= 0.3 is 0 Å². The fourth-order valence-corrected chi connectivity index (χ4v) is 3.43. The lowest BCUT2D eigenvalue weighted by molar-refractivity contribution is -0.143. The molecule has 0 radical (unpaired) electrons. The molecule has 2 N–H and O–H groups in total. The molecule has 1 fully saturated rings. The molecule has 1 aliphatic heterocycles. The topological polar surface area (TPSA) is 55.6 Å². The van der Waals surface area contributed by atoms with E-state index in [1.54, 1.807) is 7.11 Å². The fourth-order valence-electron chi connectivity index (χ4n) is 3.43. The highest BCUT2D eigenvalue weighted by molar-refractivity contribution is 5.89. The van der Waals surface area contributed by atoms with Crippen molar-refractivity contribution in [2.24, 2.45) is 5.73 Å². The van der Waals surface area contributed by atoms with Crippen molar-refractivity contribution in [3.63, 3.8) is 0 Å². The number of nitrogens with two attached hydrogens (primary N) is 1. The number of carbonyl (C=O) groups is 1. The van der Waals surface area contributed by atoms with E-state index in [0.29, 0.717) is 12.8 Å². The minimum Gasteiger partial charge on any atom is -0.496 e. The van der Waals surface area contributed by atoms with E-state index < -0.39 is 11.5 Å². The summed E-state index contributed by atoms with van der Waals surface area (Å²) in [5.41, 5.74) is 6.98. The Bertz CT molecular complexity index is 596. The molecule has 3 rings (SSSR count). The number of amides is 1. The maximum Gasteiger partial charge on any atom is 0.251 e. The Kier molecular flexibility index (Phi) is 3.59. The van der Waals surface area contributed by atoms with Gasteiger partial charge in [0.25, 0.3) is 5.92 Å². The van der Waals surface area contributed by atoms with Crippen LogP contribution in [0.25, 0.3) is 0 Å². The number of alkyl halides is 2. The maximum atomic E-state index is 13.3. The molecular formula is C16H20F2N2O2. The molecule has 1 aliphatic carbocycles. The number of ether oxygens (including phenoxy) is 1. The molecule has 1 aromatic rings. The van der Waals surface area contributed by atoms with E-state index in [1.165, 1.54) is 4.90 Å². The zero-order valence-electron chi connectivity index (χ0n) is 12.6. The number of methoxy groups -OCH3 is 1. The average Bonchev–Trinajstić information content (AvgIpc) is 2.85. The Morgan fingerprint density at radius 3 is 2.59 bits per heavy atom. The summed E-state index contributed by atoms with van der Waals surface area (Å²) in [6, 6.07) is 5.49. The first-order valence-electron chi connectivity index (χ1n) is 7.50. The van der Waals surface area contributed by atoms with Gasteiger partial charge in [-0.1, -0.05) is 12.1 Å². The summed E-state index contributed by atoms with van der Waals surface area (Å²) in [7, 11) is 1.58. The number of hydrogen-bond acceptors (Lipinski definition) is 3. The molecule has 1 unspecified atom stereocenters. The molecule has 6 heteroatoms. The lowest BCUT2D eigenvalue weighted by Crippen LogP contribution is -2.54. The van der Waals surface area contributed by atoms with Gasteiger partial charge < -0.3 is 15.4 Å². The van der Waals surface area contributed by atoms with Gasteiger partial charge in [0.05, 0.1) is 7.11 Å². The molecular weight excluding hydrogens is 290 g/mol. The van der Waals surface area contributed by atoms with Crippen LogP contribution in [0.3, 0.4) is 0 Å². The molecule has 120 valence electrons. The van der Waals surface area contributed by atoms with Gasteiger partial charge in [-0.2, -0.15) is 0 Å². The highest BCUT2D eigenvalue weighted by Crippen LogP contribution is 2.41. The summed E-state index contributed by atoms with van der Waals surface area (Å²) in [5.74, 6) is -2.20. The molecule has 1 saturated heterocycles. The first kappa shape index (κ1) is 15.2. The largest absolute Gasteiger partial charge is 0.496 e. The van der Waals surface area contributed by atoms with E-state index in [0.717, 1.165) is 16.9 Å². The molecule has 22 heavy (non-hydrogen) atoms. The van der Waals surface area contributed by atoms with Crippen molar-refractivity contribution in [2.45, 2.75) is 37.1 Å². The highest BCUT2D eigenvalue weighted by atomic mass is 19.3. The fraction of sp³-hybridized carbons (Fsp3) is 0.562. The van der Waals surface area contributed by atoms with Gasteiger partial charge in [-0.05, 0) is 30.0 Å². The van der Waals surface area contributed by atoms with Crippen LogP contribution in [0, 0.1) is 0 Å². The van der Waals surface area contributed by atoms with E-state index in [4.69, 9.17) is 10.5 Å². The monoisotopic (exact) mass is 310 g/mol. The second-order valence-electron chi connectivity index (χ2n) is 6.11. The second-order valence-corrected chi connectivity index (χ2v) is 6.11. The van der Waals surface area contributed by atoms with Gasteiger partial charge in [0.2, 0.25) is 5.91 Å². The van der Waals surface area contributed by atoms with E-state index in [-0.39, 0.29) is 31.8 Å². The average molecular weight is 310 g/mol. The van der Waals surface area contributed by atoms with Crippen LogP contribution in [0.5, 0.6) is 5.75 Å². The molecule has 0 bridgehead atoms. The van der Waals surface area contributed by atoms with Crippen molar-refractivity contribution in [3.05, 3.63) is 29.3 Å². The minimum absolute atomic E-state index is 0.0596. The van der Waals surface area contributed by atoms with Gasteiger partial charge in [0.1, 0.15) is 11.3 Å². The van der Waals surface area contributed by atoms with Crippen molar-refractivity contribution in [3.8, 4) is 5.75 Å². The number of halogens is 2. The van der Waals surface area contributed by atoms with E-state index in [1.807, 2.05) is 18.2 Å². The molecule has 1 aromatic carbocycles. The van der Waals surface area contributed by atoms with E-state index >= 15 is 0 Å². The predicted molar refractivity (Wildman–Crippen MR) is 77.9 cm³/mol. The van der Waals surface area contributed by atoms with E-state index in [9.17, 15) is 13.6 Å². The van der Waals surface area contributed by atoms with E-state index in [2.05, 4.69) is 0 Å². The third-order valence-corrected chi connectivity index (χ3v) is 4.77. The summed E-state index contributed by atoms with van der Waals surface area (Å²) in [6.07, 6.45) is 0.555. The summed E-state index contributed by atoms with van der Waals surface area (Å²) in [5, 5.41) is 0. The predicted octanol–water partition coefficient (Wildman–Crippen LogP) is 2.05. The zero-order chi connectivity index (χ0) is 16.0. The van der Waals surface area contributed by atoms with Crippen molar-refractivity contribution in [1.82, 2.24) is 4.90 Å². The van der Waals surface area contributed by atoms with Crippen molar-refractivity contribution in [1.29, 1.82) is 0 Å². The molecule has 4 nitrogen and oxygen atoms in total. The normalized spacial score (nSPS) is 26.6. The van der Waals surface area contributed by atoms with Gasteiger partial charge in [0.15, 0.2) is 0 Å². The van der Waals surface area contributed by atoms with Crippen LogP contribution in [-0.4, -0.2) is 36.9 Å². The van der Waals surface area contributed by atoms with Crippen molar-refractivity contribution >= 4 is 5.91 Å². The van der Waals surface area contributed by atoms with Gasteiger partial charge in [-0.15, -0.1) is 0 Å². The number of piperidine rings is 1. The first-order valence-corrected chi connectivity index (χ1v) is 7.50. The summed E-state index contributed by atoms with van der Waals surface area (Å²) < 4.78 is 31.9. The SMILES string of the molecule is COc1cccc2c1CCC2(N)C(=O)N1CCC(F)(F)CC1. The van der Waals surface area contributed by atoms with Crippen LogP contribution < -0.4 is 10.5 Å². The molecule has 2 aliphatic rings. The van der Waals surface area contributed by atoms with Crippen LogP contribution in [0.4, 0.5) is 8.78 Å². The lowest BCUT2D eigenvalue weighted by Gasteiger charge is -2.37. The molecule has 0 aromatic heterocycles. The Balaban J connectivity index is 1.86. The quantitative estimate of drug-likeness (QED) is 0.909. The molecule has 0 saturated carbocycles. The van der Waals surface area contributed by atoms with Gasteiger partial charge in [-0.25, -0.2) is 8.78 Å². The second kappa shape index (κ2) is 5.19. The number of hydrogen-bond donors (Lipinski definition) is 1. The standard InChI is InChI=1S/C16H20F2N2O2/c1-22-13-4-2-3-12-11(13)5-6-16(12,19)14(21)20-9-7-15(17,18)8-10-20/h2-4H,5-10,19H2,1H3. The van der Waals surface area contributed by atoms with Crippen LogP contribution in [0.2, 0.25) is 0 Å². The summed E-state index contributed by atoms with van der Waals surface area (Å²) in [4.78, 5) is 14.3. The van der Waals surface area contributed by atoms with Crippen molar-refractivity contribution in [2.75, 3.05) is 20.2 Å². The third kappa shape index (κ3) is 2.35. The third-order valence-electron chi connectivity index (χ3n) is 4.77. The number of carbonyl (C=O) groups excluding carboxylic acids is 1. The van der Waals surface area contributed by atoms with Gasteiger partial charge in [-0.3, -0.25) is 4.79 Å². The zero-order valence-corrected chi connectivity index (χ0v) is 12.6. The Labute approximate surface area is 128 Å². The number of fused-ring (bicyclic) bond motifs is 1. The smallest absolute Gasteiger partial charge is 0.251 e. The maximum absolute atomic E-state index is 13.3. The highest BCUT2D eigenvalue weighted by Gasteiger charge is 2.47. The summed E-state index contributed by atoms with van der Waals surface area (Å²) >= 11 is 0.